The number of rotatable bonds is 9. The van der Waals surface area contributed by atoms with Crippen molar-refractivity contribution in [1.82, 2.24) is 36.5 Å². The van der Waals surface area contributed by atoms with E-state index in [2.05, 4.69) is 31.6 Å². The van der Waals surface area contributed by atoms with Crippen LogP contribution in [0.4, 0.5) is 0 Å². The smallest absolute Gasteiger partial charge is 0.246 e. The van der Waals surface area contributed by atoms with Crippen LogP contribution in [0.2, 0.25) is 0 Å². The van der Waals surface area contributed by atoms with E-state index < -0.39 is 77.8 Å². The Morgan fingerprint density at radius 2 is 1.15 bits per heavy atom. The van der Waals surface area contributed by atoms with Gasteiger partial charge in [0.15, 0.2) is 0 Å². The fraction of sp³-hybridized carbons (Fsp3) is 0.447. The summed E-state index contributed by atoms with van der Waals surface area (Å²) in [6.45, 7) is 1.61. The Labute approximate surface area is 356 Å². The van der Waals surface area contributed by atoms with Crippen molar-refractivity contribution in [2.24, 2.45) is 5.92 Å². The third kappa shape index (κ3) is 10.8. The van der Waals surface area contributed by atoms with Crippen LogP contribution in [0.25, 0.3) is 10.9 Å². The maximum Gasteiger partial charge on any atom is 0.246 e. The lowest BCUT2D eigenvalue weighted by molar-refractivity contribution is -0.143. The first-order valence-corrected chi connectivity index (χ1v) is 21.7. The van der Waals surface area contributed by atoms with Crippen LogP contribution in [0.3, 0.4) is 0 Å². The Kier molecular flexibility index (Phi) is 14.1. The van der Waals surface area contributed by atoms with E-state index in [1.165, 1.54) is 11.8 Å². The summed E-state index contributed by atoms with van der Waals surface area (Å²) < 4.78 is 0. The number of hydrogen-bond donors (Lipinski definition) is 7. The van der Waals surface area contributed by atoms with E-state index in [0.29, 0.717) is 24.8 Å². The van der Waals surface area contributed by atoms with Gasteiger partial charge < -0.3 is 41.6 Å². The van der Waals surface area contributed by atoms with Gasteiger partial charge >= 0.3 is 0 Å². The van der Waals surface area contributed by atoms with E-state index in [9.17, 15) is 33.9 Å². The zero-order valence-corrected chi connectivity index (χ0v) is 34.6. The number of para-hydroxylation sites is 1. The molecule has 0 unspecified atom stereocenters. The van der Waals surface area contributed by atoms with Crippen LogP contribution in [-0.4, -0.2) is 99.3 Å². The van der Waals surface area contributed by atoms with Gasteiger partial charge in [-0.15, -0.1) is 0 Å². The molecule has 3 aliphatic rings. The molecule has 0 bridgehead atoms. The lowest BCUT2D eigenvalue weighted by Gasteiger charge is -2.33. The molecule has 4 aromatic rings. The van der Waals surface area contributed by atoms with Crippen LogP contribution in [-0.2, 0) is 48.0 Å². The average Bonchev–Trinajstić information content (AvgIpc) is 3.93. The summed E-state index contributed by atoms with van der Waals surface area (Å²) in [5, 5.41) is 26.1. The maximum absolute atomic E-state index is 14.6. The number of carbonyl (C=O) groups excluding carboxylic acids is 6. The number of carbonyl (C=O) groups is 6. The molecule has 1 aromatic heterocycles. The fourth-order valence-electron chi connectivity index (χ4n) is 9.06. The third-order valence-electron chi connectivity index (χ3n) is 12.4. The molecule has 0 spiro atoms. The minimum Gasteiger partial charge on any atom is -0.391 e. The van der Waals surface area contributed by atoms with Crippen LogP contribution < -0.4 is 26.6 Å². The quantitative estimate of drug-likeness (QED) is 0.134. The van der Waals surface area contributed by atoms with Crippen LogP contribution in [0, 0.1) is 5.92 Å². The normalized spacial score (nSPS) is 25.6. The summed E-state index contributed by atoms with van der Waals surface area (Å²) in [6.07, 6.45) is 6.68. The number of H-pyrrole nitrogens is 1. The number of hydrogen-bond acceptors (Lipinski definition) is 7. The van der Waals surface area contributed by atoms with Crippen molar-refractivity contribution < 1.29 is 33.9 Å². The molecule has 61 heavy (non-hydrogen) atoms. The monoisotopic (exact) mass is 831 g/mol. The number of fused-ring (bicyclic) bond motifs is 2. The van der Waals surface area contributed by atoms with Crippen molar-refractivity contribution in [3.8, 4) is 0 Å². The van der Waals surface area contributed by atoms with E-state index in [4.69, 9.17) is 0 Å². The van der Waals surface area contributed by atoms with Gasteiger partial charge in [0.1, 0.15) is 36.3 Å². The second-order valence-electron chi connectivity index (χ2n) is 16.8. The highest BCUT2D eigenvalue weighted by molar-refractivity contribution is 5.99. The lowest BCUT2D eigenvalue weighted by atomic mass is 9.84. The summed E-state index contributed by atoms with van der Waals surface area (Å²) in [5.74, 6) is -3.55. The maximum atomic E-state index is 14.6. The molecular formula is C47H57N7O7. The highest BCUT2D eigenvalue weighted by atomic mass is 16.3. The van der Waals surface area contributed by atoms with E-state index in [-0.39, 0.29) is 31.7 Å². The molecule has 7 rings (SSSR count). The van der Waals surface area contributed by atoms with Crippen LogP contribution >= 0.6 is 0 Å². The lowest BCUT2D eigenvalue weighted by Crippen LogP contribution is -2.63. The van der Waals surface area contributed by atoms with Crippen LogP contribution in [0.1, 0.15) is 75.0 Å². The van der Waals surface area contributed by atoms with E-state index in [0.717, 1.165) is 54.1 Å². The van der Waals surface area contributed by atoms with Crippen molar-refractivity contribution >= 4 is 46.3 Å². The summed E-state index contributed by atoms with van der Waals surface area (Å²) in [4.78, 5) is 91.4. The molecular weight excluding hydrogens is 775 g/mol. The first kappa shape index (κ1) is 43.1. The van der Waals surface area contributed by atoms with Gasteiger partial charge in [0.25, 0.3) is 0 Å². The number of nitrogens with zero attached hydrogens (tertiary/aromatic N) is 1. The van der Waals surface area contributed by atoms with Crippen molar-refractivity contribution in [3.63, 3.8) is 0 Å². The average molecular weight is 832 g/mol. The molecule has 14 nitrogen and oxygen atoms in total. The van der Waals surface area contributed by atoms with Gasteiger partial charge in [0.2, 0.25) is 35.4 Å². The fourth-order valence-corrected chi connectivity index (χ4v) is 9.06. The number of benzene rings is 3. The number of aromatic amines is 1. The van der Waals surface area contributed by atoms with Crippen molar-refractivity contribution in [2.75, 3.05) is 6.54 Å². The van der Waals surface area contributed by atoms with E-state index >= 15 is 0 Å². The van der Waals surface area contributed by atoms with Gasteiger partial charge in [0, 0.05) is 42.9 Å². The van der Waals surface area contributed by atoms with Gasteiger partial charge in [-0.05, 0) is 54.9 Å². The second-order valence-corrected chi connectivity index (χ2v) is 16.8. The van der Waals surface area contributed by atoms with Gasteiger partial charge in [0.05, 0.1) is 6.10 Å². The molecule has 322 valence electrons. The summed E-state index contributed by atoms with van der Waals surface area (Å²) >= 11 is 0. The van der Waals surface area contributed by atoms with Gasteiger partial charge in [-0.3, -0.25) is 28.8 Å². The van der Waals surface area contributed by atoms with Crippen molar-refractivity contribution in [3.05, 3.63) is 108 Å². The minimum absolute atomic E-state index is 0.0200. The molecule has 7 N–H and O–H groups in total. The number of aliphatic hydroxyl groups excluding tert-OH is 1. The molecule has 0 radical (unpaired) electrons. The Morgan fingerprint density at radius 3 is 1.82 bits per heavy atom. The third-order valence-corrected chi connectivity index (χ3v) is 12.4. The highest BCUT2D eigenvalue weighted by Gasteiger charge is 2.41. The number of aliphatic hydroxyl groups is 1. The molecule has 2 aliphatic heterocycles. The molecule has 1 aliphatic carbocycles. The second kappa shape index (κ2) is 20.0. The Hall–Kier alpha value is -6.02. The largest absolute Gasteiger partial charge is 0.391 e. The minimum atomic E-state index is -1.52. The molecule has 6 amide bonds. The van der Waals surface area contributed by atoms with E-state index in [1.54, 1.807) is 30.5 Å². The topological polar surface area (TPSA) is 202 Å². The number of amides is 6. The zero-order chi connectivity index (χ0) is 42.9. The molecule has 3 aromatic carbocycles. The Morgan fingerprint density at radius 1 is 0.590 bits per heavy atom. The van der Waals surface area contributed by atoms with Crippen molar-refractivity contribution in [2.45, 2.75) is 120 Å². The number of nitrogens with one attached hydrogen (secondary N) is 6. The molecule has 3 heterocycles. The summed E-state index contributed by atoms with van der Waals surface area (Å²) in [5.41, 5.74) is 3.06. The summed E-state index contributed by atoms with van der Waals surface area (Å²) in [6, 6.07) is 18.7. The molecule has 7 atom stereocenters. The van der Waals surface area contributed by atoms with Gasteiger partial charge in [-0.1, -0.05) is 111 Å². The highest BCUT2D eigenvalue weighted by Crippen LogP contribution is 2.28. The summed E-state index contributed by atoms with van der Waals surface area (Å²) in [7, 11) is 0. The van der Waals surface area contributed by atoms with Crippen LogP contribution in [0.5, 0.6) is 0 Å². The van der Waals surface area contributed by atoms with Crippen molar-refractivity contribution in [1.29, 1.82) is 0 Å². The van der Waals surface area contributed by atoms with E-state index in [1.807, 2.05) is 60.7 Å². The molecule has 3 fully saturated rings. The SMILES string of the molecule is C[C@@H](O)[C@@H]1NC(=O)[C@H](Cc2ccccc2)NC(=O)[C@@H](Cc2c[nH]c3ccccc23)NC(=O)[C@H](CC2CCCCC2)NC(=O)[C@@H]2CCCN2C(=O)[C@H](Cc2ccccc2)NC1=O. The molecule has 2 saturated heterocycles. The van der Waals surface area contributed by atoms with Gasteiger partial charge in [-0.2, -0.15) is 0 Å². The first-order chi connectivity index (χ1) is 29.5. The molecule has 1 saturated carbocycles. The Bertz CT molecular complexity index is 2170. The Balaban J connectivity index is 1.27. The standard InChI is InChI=1S/C47H57N7O7/c1-29(55)41-46(60)52-39(26-32-18-9-4-10-19-32)47(61)54-23-13-22-40(54)45(59)51-36(24-30-14-5-2-6-15-30)42(56)50-38(27-33-28-48-35-21-12-11-20-34(33)35)43(57)49-37(44(58)53-41)25-31-16-7-3-8-17-31/h3-4,7-12,16-21,28-30,36-41,48,55H,2,5-6,13-15,22-27H2,1H3,(H,49,57)(H,50,56)(H,51,59)(H,52,60)(H,53,58)/t29-,36+,37+,38-,39+,40+,41+/m1/s1. The first-order valence-electron chi connectivity index (χ1n) is 21.7. The van der Waals surface area contributed by atoms with Gasteiger partial charge in [-0.25, -0.2) is 0 Å². The zero-order valence-electron chi connectivity index (χ0n) is 34.6. The number of aromatic nitrogens is 1. The van der Waals surface area contributed by atoms with Crippen LogP contribution in [0.15, 0.2) is 91.1 Å². The predicted octanol–water partition coefficient (Wildman–Crippen LogP) is 2.98. The molecule has 14 heteroatoms. The predicted molar refractivity (Wildman–Crippen MR) is 230 cm³/mol.